The molecular formula is C11H18N2O3S. The number of hydrogen-bond acceptors (Lipinski definition) is 5. The molecule has 0 aliphatic heterocycles. The highest BCUT2D eigenvalue weighted by Crippen LogP contribution is 2.21. The van der Waals surface area contributed by atoms with E-state index in [4.69, 9.17) is 9.84 Å². The normalized spacial score (nSPS) is 12.4. The summed E-state index contributed by atoms with van der Waals surface area (Å²) in [6, 6.07) is 0.249. The van der Waals surface area contributed by atoms with Gasteiger partial charge in [0.2, 0.25) is 0 Å². The summed E-state index contributed by atoms with van der Waals surface area (Å²) in [6.07, 6.45) is 0.610. The molecule has 0 bridgehead atoms. The Bertz CT molecular complexity index is 367. The molecule has 0 aromatic carbocycles. The van der Waals surface area contributed by atoms with Crippen molar-refractivity contribution in [2.75, 3.05) is 25.7 Å². The van der Waals surface area contributed by atoms with Gasteiger partial charge in [-0.2, -0.15) is 0 Å². The monoisotopic (exact) mass is 258 g/mol. The van der Waals surface area contributed by atoms with Gasteiger partial charge in [0.05, 0.1) is 24.8 Å². The first-order valence-electron chi connectivity index (χ1n) is 5.42. The van der Waals surface area contributed by atoms with Gasteiger partial charge in [0.1, 0.15) is 0 Å². The maximum Gasteiger partial charge on any atom is 0.303 e. The van der Waals surface area contributed by atoms with E-state index >= 15 is 0 Å². The largest absolute Gasteiger partial charge is 0.481 e. The molecule has 0 aliphatic rings. The number of methoxy groups -OCH3 is 1. The molecule has 6 heteroatoms. The highest BCUT2D eigenvalue weighted by molar-refractivity contribution is 7.13. The van der Waals surface area contributed by atoms with E-state index in [2.05, 4.69) is 11.9 Å². The average molecular weight is 258 g/mol. The number of likely N-dealkylation sites (N-methyl/N-ethyl adjacent to an activating group) is 1. The van der Waals surface area contributed by atoms with Crippen molar-refractivity contribution in [1.82, 2.24) is 4.98 Å². The topological polar surface area (TPSA) is 62.7 Å². The van der Waals surface area contributed by atoms with E-state index in [1.54, 1.807) is 7.11 Å². The average Bonchev–Trinajstić information content (AvgIpc) is 2.74. The van der Waals surface area contributed by atoms with Gasteiger partial charge in [0, 0.05) is 26.0 Å². The van der Waals surface area contributed by atoms with Crippen molar-refractivity contribution in [2.24, 2.45) is 0 Å². The Morgan fingerprint density at radius 3 is 3.00 bits per heavy atom. The molecule has 0 saturated heterocycles. The molecule has 0 saturated carbocycles. The van der Waals surface area contributed by atoms with Gasteiger partial charge >= 0.3 is 5.97 Å². The number of nitrogens with zero attached hydrogens (tertiary/aromatic N) is 2. The quantitative estimate of drug-likeness (QED) is 0.805. The molecule has 1 atom stereocenters. The smallest absolute Gasteiger partial charge is 0.303 e. The fourth-order valence-electron chi connectivity index (χ4n) is 1.35. The first kappa shape index (κ1) is 13.9. The van der Waals surface area contributed by atoms with Crippen molar-refractivity contribution in [3.05, 3.63) is 11.1 Å². The van der Waals surface area contributed by atoms with E-state index in [-0.39, 0.29) is 12.5 Å². The number of carbonyl (C=O) groups is 1. The molecule has 1 aromatic heterocycles. The number of ether oxygens (including phenoxy) is 1. The second-order valence-corrected chi connectivity index (χ2v) is 4.77. The minimum absolute atomic E-state index is 0.126. The fraction of sp³-hybridized carbons (Fsp3) is 0.636. The lowest BCUT2D eigenvalue weighted by molar-refractivity contribution is -0.136. The Morgan fingerprint density at radius 2 is 2.41 bits per heavy atom. The number of aromatic nitrogens is 1. The standard InChI is InChI=1S/C11H18N2O3S/c1-8(6-16-3)13(2)11-12-9(7-17-11)4-5-10(14)15/h7-8H,4-6H2,1-3H3,(H,14,15). The third kappa shape index (κ3) is 4.32. The van der Waals surface area contributed by atoms with E-state index in [1.807, 2.05) is 17.3 Å². The Hall–Kier alpha value is -1.14. The van der Waals surface area contributed by atoms with E-state index in [0.29, 0.717) is 13.0 Å². The highest BCUT2D eigenvalue weighted by atomic mass is 32.1. The Morgan fingerprint density at radius 1 is 1.71 bits per heavy atom. The summed E-state index contributed by atoms with van der Waals surface area (Å²) in [5.74, 6) is -0.791. The van der Waals surface area contributed by atoms with Gasteiger partial charge in [-0.3, -0.25) is 4.79 Å². The Balaban J connectivity index is 2.57. The first-order valence-corrected chi connectivity index (χ1v) is 6.30. The molecule has 0 radical (unpaired) electrons. The predicted octanol–water partition coefficient (Wildman–Crippen LogP) is 1.63. The predicted molar refractivity (Wildman–Crippen MR) is 67.8 cm³/mol. The van der Waals surface area contributed by atoms with Crippen LogP contribution in [0.3, 0.4) is 0 Å². The van der Waals surface area contributed by atoms with Crippen molar-refractivity contribution in [2.45, 2.75) is 25.8 Å². The van der Waals surface area contributed by atoms with Crippen LogP contribution in [-0.4, -0.2) is 42.9 Å². The van der Waals surface area contributed by atoms with Gasteiger partial charge < -0.3 is 14.7 Å². The lowest BCUT2D eigenvalue weighted by Crippen LogP contribution is -2.32. The molecule has 0 amide bonds. The van der Waals surface area contributed by atoms with Crippen LogP contribution in [0, 0.1) is 0 Å². The molecule has 1 aromatic rings. The van der Waals surface area contributed by atoms with Gasteiger partial charge in [-0.05, 0) is 6.92 Å². The number of thiazole rings is 1. The van der Waals surface area contributed by atoms with E-state index in [0.717, 1.165) is 10.8 Å². The molecule has 17 heavy (non-hydrogen) atoms. The number of rotatable bonds is 7. The summed E-state index contributed by atoms with van der Waals surface area (Å²) in [6.45, 7) is 2.70. The van der Waals surface area contributed by atoms with Crippen molar-refractivity contribution < 1.29 is 14.6 Å². The molecule has 1 heterocycles. The lowest BCUT2D eigenvalue weighted by Gasteiger charge is -2.23. The Labute approximate surface area is 105 Å². The molecule has 1 unspecified atom stereocenters. The number of carboxylic acids is 1. The Kier molecular flexibility index (Phi) is 5.37. The minimum Gasteiger partial charge on any atom is -0.481 e. The summed E-state index contributed by atoms with van der Waals surface area (Å²) in [5, 5.41) is 11.4. The number of hydrogen-bond donors (Lipinski definition) is 1. The summed E-state index contributed by atoms with van der Waals surface area (Å²) in [5.41, 5.74) is 0.837. The number of anilines is 1. The number of aryl methyl sites for hydroxylation is 1. The first-order chi connectivity index (χ1) is 8.04. The van der Waals surface area contributed by atoms with Gasteiger partial charge in [-0.25, -0.2) is 4.98 Å². The van der Waals surface area contributed by atoms with Crippen LogP contribution in [-0.2, 0) is 16.0 Å². The molecule has 5 nitrogen and oxygen atoms in total. The van der Waals surface area contributed by atoms with Gasteiger partial charge in [0.15, 0.2) is 5.13 Å². The fourth-order valence-corrected chi connectivity index (χ4v) is 2.28. The lowest BCUT2D eigenvalue weighted by atomic mass is 10.2. The zero-order valence-electron chi connectivity index (χ0n) is 10.3. The van der Waals surface area contributed by atoms with E-state index in [9.17, 15) is 4.79 Å². The summed E-state index contributed by atoms with van der Waals surface area (Å²) < 4.78 is 5.09. The SMILES string of the molecule is COCC(C)N(C)c1nc(CCC(=O)O)cs1. The summed E-state index contributed by atoms with van der Waals surface area (Å²) >= 11 is 1.53. The van der Waals surface area contributed by atoms with Crippen LogP contribution in [0.4, 0.5) is 5.13 Å². The van der Waals surface area contributed by atoms with Crippen LogP contribution in [0.25, 0.3) is 0 Å². The summed E-state index contributed by atoms with van der Waals surface area (Å²) in [4.78, 5) is 16.9. The molecule has 0 fully saturated rings. The second kappa shape index (κ2) is 6.56. The summed E-state index contributed by atoms with van der Waals surface area (Å²) in [7, 11) is 3.63. The van der Waals surface area contributed by atoms with Crippen LogP contribution in [0.15, 0.2) is 5.38 Å². The molecule has 0 spiro atoms. The zero-order chi connectivity index (χ0) is 12.8. The van der Waals surface area contributed by atoms with E-state index < -0.39 is 5.97 Å². The van der Waals surface area contributed by atoms with Gasteiger partial charge in [0.25, 0.3) is 0 Å². The number of aliphatic carboxylic acids is 1. The van der Waals surface area contributed by atoms with Crippen molar-refractivity contribution >= 4 is 22.4 Å². The molecule has 1 N–H and O–H groups in total. The van der Waals surface area contributed by atoms with E-state index in [1.165, 1.54) is 11.3 Å². The van der Waals surface area contributed by atoms with Gasteiger partial charge in [-0.15, -0.1) is 11.3 Å². The third-order valence-electron chi connectivity index (χ3n) is 2.51. The third-order valence-corrected chi connectivity index (χ3v) is 3.49. The minimum atomic E-state index is -0.791. The maximum absolute atomic E-state index is 10.5. The van der Waals surface area contributed by atoms with Crippen LogP contribution >= 0.6 is 11.3 Å². The van der Waals surface area contributed by atoms with Crippen molar-refractivity contribution in [3.63, 3.8) is 0 Å². The molecular weight excluding hydrogens is 240 g/mol. The van der Waals surface area contributed by atoms with Gasteiger partial charge in [-0.1, -0.05) is 0 Å². The molecule has 1 rings (SSSR count). The van der Waals surface area contributed by atoms with Crippen LogP contribution in [0.2, 0.25) is 0 Å². The zero-order valence-corrected chi connectivity index (χ0v) is 11.2. The van der Waals surface area contributed by atoms with Crippen LogP contribution in [0.5, 0.6) is 0 Å². The second-order valence-electron chi connectivity index (χ2n) is 3.93. The van der Waals surface area contributed by atoms with Crippen molar-refractivity contribution in [3.8, 4) is 0 Å². The van der Waals surface area contributed by atoms with Crippen LogP contribution < -0.4 is 4.90 Å². The van der Waals surface area contributed by atoms with Crippen LogP contribution in [0.1, 0.15) is 19.0 Å². The molecule has 96 valence electrons. The maximum atomic E-state index is 10.5. The number of carboxylic acid groups (broad SMARTS) is 1. The molecule has 0 aliphatic carbocycles. The van der Waals surface area contributed by atoms with Crippen molar-refractivity contribution in [1.29, 1.82) is 0 Å². The highest BCUT2D eigenvalue weighted by Gasteiger charge is 2.13.